The minimum atomic E-state index is -0.405. The van der Waals surface area contributed by atoms with E-state index in [1.807, 2.05) is 6.07 Å². The normalized spacial score (nSPS) is 23.1. The maximum absolute atomic E-state index is 12.7. The topological polar surface area (TPSA) is 28.2 Å². The van der Waals surface area contributed by atoms with Crippen molar-refractivity contribution < 1.29 is 4.39 Å². The number of pyridine rings is 1. The van der Waals surface area contributed by atoms with Gasteiger partial charge in [-0.25, -0.2) is 4.98 Å². The Morgan fingerprint density at radius 1 is 1.40 bits per heavy atom. The fourth-order valence-corrected chi connectivity index (χ4v) is 2.48. The molecule has 0 amide bonds. The van der Waals surface area contributed by atoms with E-state index in [4.69, 9.17) is 0 Å². The molecule has 0 atom stereocenters. The average molecular weight is 207 g/mol. The molecule has 3 nitrogen and oxygen atoms in total. The molecular formula is C11H14FN3. The summed E-state index contributed by atoms with van der Waals surface area (Å²) >= 11 is 0. The summed E-state index contributed by atoms with van der Waals surface area (Å²) in [5.74, 6) is -0.405. The number of hydrogen-bond donors (Lipinski definition) is 1. The summed E-state index contributed by atoms with van der Waals surface area (Å²) in [5, 5.41) is 3.32. The van der Waals surface area contributed by atoms with Crippen molar-refractivity contribution in [1.29, 1.82) is 0 Å². The molecule has 3 heterocycles. The van der Waals surface area contributed by atoms with Crippen molar-refractivity contribution in [2.75, 3.05) is 31.1 Å². The van der Waals surface area contributed by atoms with Crippen molar-refractivity contribution >= 4 is 5.69 Å². The van der Waals surface area contributed by atoms with Crippen LogP contribution in [0, 0.1) is 11.4 Å². The second-order valence-corrected chi connectivity index (χ2v) is 4.61. The summed E-state index contributed by atoms with van der Waals surface area (Å²) in [7, 11) is 0. The van der Waals surface area contributed by atoms with E-state index in [1.54, 1.807) is 6.20 Å². The summed E-state index contributed by atoms with van der Waals surface area (Å²) in [6, 6.07) is 3.24. The zero-order valence-electron chi connectivity index (χ0n) is 8.54. The van der Waals surface area contributed by atoms with Gasteiger partial charge in [-0.1, -0.05) is 0 Å². The molecule has 1 aromatic heterocycles. The number of aromatic nitrogens is 1. The first-order valence-corrected chi connectivity index (χ1v) is 5.35. The van der Waals surface area contributed by atoms with Crippen LogP contribution >= 0.6 is 0 Å². The van der Waals surface area contributed by atoms with Crippen LogP contribution in [-0.2, 0) is 0 Å². The van der Waals surface area contributed by atoms with Crippen molar-refractivity contribution in [2.24, 2.45) is 5.41 Å². The van der Waals surface area contributed by atoms with Crippen molar-refractivity contribution in [1.82, 2.24) is 10.3 Å². The van der Waals surface area contributed by atoms with E-state index in [0.29, 0.717) is 5.41 Å². The molecule has 3 rings (SSSR count). The van der Waals surface area contributed by atoms with E-state index < -0.39 is 5.95 Å². The summed E-state index contributed by atoms with van der Waals surface area (Å²) in [4.78, 5) is 5.99. The van der Waals surface area contributed by atoms with Crippen molar-refractivity contribution in [3.05, 3.63) is 24.3 Å². The van der Waals surface area contributed by atoms with E-state index in [9.17, 15) is 4.39 Å². The van der Waals surface area contributed by atoms with Gasteiger partial charge in [-0.3, -0.25) is 0 Å². The standard InChI is InChI=1S/C11H14FN3/c12-10-2-1-9(5-14-10)15-4-3-11(8-15)6-13-7-11/h1-2,5,13H,3-4,6-8H2. The molecule has 80 valence electrons. The highest BCUT2D eigenvalue weighted by Gasteiger charge is 2.42. The van der Waals surface area contributed by atoms with Gasteiger partial charge in [-0.15, -0.1) is 0 Å². The summed E-state index contributed by atoms with van der Waals surface area (Å²) in [6.07, 6.45) is 2.86. The molecule has 0 bridgehead atoms. The molecule has 2 saturated heterocycles. The molecule has 15 heavy (non-hydrogen) atoms. The van der Waals surface area contributed by atoms with Crippen LogP contribution in [0.1, 0.15) is 6.42 Å². The number of rotatable bonds is 1. The molecule has 0 radical (unpaired) electrons. The zero-order valence-corrected chi connectivity index (χ0v) is 8.54. The van der Waals surface area contributed by atoms with Crippen molar-refractivity contribution in [3.63, 3.8) is 0 Å². The molecule has 0 unspecified atom stereocenters. The summed E-state index contributed by atoms with van der Waals surface area (Å²) in [6.45, 7) is 4.39. The first kappa shape index (κ1) is 9.09. The van der Waals surface area contributed by atoms with Gasteiger partial charge in [0.15, 0.2) is 0 Å². The van der Waals surface area contributed by atoms with E-state index in [1.165, 1.54) is 12.5 Å². The molecule has 1 N–H and O–H groups in total. The van der Waals surface area contributed by atoms with Gasteiger partial charge in [-0.2, -0.15) is 4.39 Å². The molecule has 2 aliphatic heterocycles. The van der Waals surface area contributed by atoms with Crippen molar-refractivity contribution in [2.45, 2.75) is 6.42 Å². The second kappa shape index (κ2) is 3.17. The van der Waals surface area contributed by atoms with E-state index >= 15 is 0 Å². The van der Waals surface area contributed by atoms with Gasteiger partial charge in [-0.05, 0) is 18.6 Å². The lowest BCUT2D eigenvalue weighted by molar-refractivity contribution is 0.200. The first-order chi connectivity index (χ1) is 7.27. The maximum atomic E-state index is 12.7. The number of nitrogens with zero attached hydrogens (tertiary/aromatic N) is 2. The average Bonchev–Trinajstić information content (AvgIpc) is 2.63. The maximum Gasteiger partial charge on any atom is 0.212 e. The zero-order chi connectivity index (χ0) is 10.3. The van der Waals surface area contributed by atoms with Gasteiger partial charge in [0.1, 0.15) is 0 Å². The highest BCUT2D eigenvalue weighted by Crippen LogP contribution is 2.36. The van der Waals surface area contributed by atoms with Crippen LogP contribution in [0.2, 0.25) is 0 Å². The lowest BCUT2D eigenvalue weighted by Crippen LogP contribution is -2.54. The Hall–Kier alpha value is -1.16. The third-order valence-electron chi connectivity index (χ3n) is 3.52. The van der Waals surface area contributed by atoms with Gasteiger partial charge in [0, 0.05) is 31.6 Å². The molecule has 0 saturated carbocycles. The molecule has 2 aliphatic rings. The highest BCUT2D eigenvalue weighted by atomic mass is 19.1. The predicted molar refractivity (Wildman–Crippen MR) is 56.3 cm³/mol. The van der Waals surface area contributed by atoms with Gasteiger partial charge < -0.3 is 10.2 Å². The van der Waals surface area contributed by atoms with Crippen LogP contribution in [0.25, 0.3) is 0 Å². The highest BCUT2D eigenvalue weighted by molar-refractivity contribution is 5.45. The molecule has 4 heteroatoms. The quantitative estimate of drug-likeness (QED) is 0.697. The Kier molecular flexibility index (Phi) is 1.92. The summed E-state index contributed by atoms with van der Waals surface area (Å²) < 4.78 is 12.7. The van der Waals surface area contributed by atoms with E-state index in [-0.39, 0.29) is 0 Å². The van der Waals surface area contributed by atoms with Crippen LogP contribution < -0.4 is 10.2 Å². The molecule has 0 aliphatic carbocycles. The smallest absolute Gasteiger partial charge is 0.212 e. The summed E-state index contributed by atoms with van der Waals surface area (Å²) in [5.41, 5.74) is 1.52. The van der Waals surface area contributed by atoms with Crippen LogP contribution in [0.5, 0.6) is 0 Å². The minimum Gasteiger partial charge on any atom is -0.370 e. The Bertz CT molecular complexity index is 359. The van der Waals surface area contributed by atoms with Crippen molar-refractivity contribution in [3.8, 4) is 0 Å². The lowest BCUT2D eigenvalue weighted by atomic mass is 9.81. The monoisotopic (exact) mass is 207 g/mol. The minimum absolute atomic E-state index is 0.405. The molecule has 1 aromatic rings. The Morgan fingerprint density at radius 2 is 2.27 bits per heavy atom. The van der Waals surface area contributed by atoms with Gasteiger partial charge in [0.05, 0.1) is 11.9 Å². The van der Waals surface area contributed by atoms with E-state index in [2.05, 4.69) is 15.2 Å². The van der Waals surface area contributed by atoms with Crippen LogP contribution in [-0.4, -0.2) is 31.2 Å². The fraction of sp³-hybridized carbons (Fsp3) is 0.545. The first-order valence-electron chi connectivity index (χ1n) is 5.35. The van der Waals surface area contributed by atoms with Crippen LogP contribution in [0.3, 0.4) is 0 Å². The van der Waals surface area contributed by atoms with Gasteiger partial charge in [0.25, 0.3) is 0 Å². The van der Waals surface area contributed by atoms with Gasteiger partial charge in [0.2, 0.25) is 5.95 Å². The Morgan fingerprint density at radius 3 is 2.80 bits per heavy atom. The Balaban J connectivity index is 1.76. The fourth-order valence-electron chi connectivity index (χ4n) is 2.48. The number of nitrogens with one attached hydrogen (secondary N) is 1. The SMILES string of the molecule is Fc1ccc(N2CCC3(CNC3)C2)cn1. The molecule has 1 spiro atoms. The molecule has 0 aromatic carbocycles. The predicted octanol–water partition coefficient (Wildman–Crippen LogP) is 1.02. The molecule has 2 fully saturated rings. The van der Waals surface area contributed by atoms with Crippen LogP contribution in [0.4, 0.5) is 10.1 Å². The Labute approximate surface area is 88.3 Å². The third kappa shape index (κ3) is 1.49. The number of anilines is 1. The van der Waals surface area contributed by atoms with Crippen LogP contribution in [0.15, 0.2) is 18.3 Å². The van der Waals surface area contributed by atoms with Gasteiger partial charge >= 0.3 is 0 Å². The van der Waals surface area contributed by atoms with E-state index in [0.717, 1.165) is 31.9 Å². The largest absolute Gasteiger partial charge is 0.370 e. The second-order valence-electron chi connectivity index (χ2n) is 4.61. The number of hydrogen-bond acceptors (Lipinski definition) is 3. The lowest BCUT2D eigenvalue weighted by Gasteiger charge is -2.39. The molecular weight excluding hydrogens is 193 g/mol. The number of halogens is 1. The third-order valence-corrected chi connectivity index (χ3v) is 3.52.